The standard InChI is InChI=1S/C27H40O2/c1-5-25-23(14-13-22-10-6-12-24(29)19-22)11-8-15-26(25,4)21(3)27(17-18-27)16-7-9-20(2)28/h13-14,20,24-25,28-29H,3,5-6,8,10-12,15-19H2,1-2,4H3/b22-13-,23-14+/t20?,24-,25?,26+/m0/s1. The predicted octanol–water partition coefficient (Wildman–Crippen LogP) is 6.10. The first-order valence-electron chi connectivity index (χ1n) is 11.7. The van der Waals surface area contributed by atoms with E-state index in [0.717, 1.165) is 38.5 Å². The summed E-state index contributed by atoms with van der Waals surface area (Å²) in [4.78, 5) is 0. The molecule has 3 aliphatic rings. The molecule has 2 heteroatoms. The lowest BCUT2D eigenvalue weighted by Gasteiger charge is -2.47. The van der Waals surface area contributed by atoms with E-state index < -0.39 is 6.10 Å². The topological polar surface area (TPSA) is 40.5 Å². The molecule has 0 heterocycles. The highest BCUT2D eigenvalue weighted by Crippen LogP contribution is 2.63. The molecule has 0 aromatic heterocycles. The minimum absolute atomic E-state index is 0.131. The lowest BCUT2D eigenvalue weighted by Crippen LogP contribution is -2.36. The molecule has 0 amide bonds. The maximum absolute atomic E-state index is 9.97. The van der Waals surface area contributed by atoms with Gasteiger partial charge < -0.3 is 10.2 Å². The van der Waals surface area contributed by atoms with Gasteiger partial charge in [-0.1, -0.05) is 61.1 Å². The molecule has 3 saturated carbocycles. The molecule has 0 radical (unpaired) electrons. The van der Waals surface area contributed by atoms with Crippen LogP contribution in [0.5, 0.6) is 0 Å². The van der Waals surface area contributed by atoms with Crippen molar-refractivity contribution in [2.24, 2.45) is 16.7 Å². The van der Waals surface area contributed by atoms with Crippen molar-refractivity contribution in [2.45, 2.75) is 104 Å². The van der Waals surface area contributed by atoms with Crippen LogP contribution in [0.4, 0.5) is 0 Å². The Morgan fingerprint density at radius 1 is 1.24 bits per heavy atom. The van der Waals surface area contributed by atoms with Crippen LogP contribution < -0.4 is 0 Å². The predicted molar refractivity (Wildman–Crippen MR) is 121 cm³/mol. The van der Waals surface area contributed by atoms with E-state index in [1.165, 1.54) is 43.3 Å². The van der Waals surface area contributed by atoms with Crippen molar-refractivity contribution in [3.8, 4) is 11.8 Å². The fraction of sp³-hybridized carbons (Fsp3) is 0.704. The van der Waals surface area contributed by atoms with Crippen LogP contribution in [0, 0.1) is 28.6 Å². The van der Waals surface area contributed by atoms with Crippen LogP contribution in [0.15, 0.2) is 35.5 Å². The molecule has 2 N–H and O–H groups in total. The van der Waals surface area contributed by atoms with Crippen LogP contribution in [0.1, 0.15) is 91.4 Å². The van der Waals surface area contributed by atoms with Crippen molar-refractivity contribution in [2.75, 3.05) is 0 Å². The van der Waals surface area contributed by atoms with Crippen LogP contribution in [0.3, 0.4) is 0 Å². The van der Waals surface area contributed by atoms with Gasteiger partial charge >= 0.3 is 0 Å². The number of hydrogen-bond donors (Lipinski definition) is 2. The summed E-state index contributed by atoms with van der Waals surface area (Å²) in [6.45, 7) is 11.2. The van der Waals surface area contributed by atoms with Crippen molar-refractivity contribution in [3.05, 3.63) is 35.5 Å². The van der Waals surface area contributed by atoms with Gasteiger partial charge in [-0.25, -0.2) is 0 Å². The van der Waals surface area contributed by atoms with Crippen LogP contribution in [0.25, 0.3) is 0 Å². The zero-order chi connectivity index (χ0) is 21.1. The summed E-state index contributed by atoms with van der Waals surface area (Å²) in [7, 11) is 0. The molecule has 3 aliphatic carbocycles. The van der Waals surface area contributed by atoms with Gasteiger partial charge in [0.1, 0.15) is 6.10 Å². The van der Waals surface area contributed by atoms with E-state index >= 15 is 0 Å². The van der Waals surface area contributed by atoms with Gasteiger partial charge in [0.2, 0.25) is 0 Å². The highest BCUT2D eigenvalue weighted by atomic mass is 16.3. The Morgan fingerprint density at radius 3 is 2.62 bits per heavy atom. The van der Waals surface area contributed by atoms with Gasteiger partial charge in [0, 0.05) is 11.8 Å². The van der Waals surface area contributed by atoms with Gasteiger partial charge in [-0.15, -0.1) is 0 Å². The van der Waals surface area contributed by atoms with E-state index in [-0.39, 0.29) is 16.9 Å². The maximum atomic E-state index is 9.97. The number of aliphatic hydroxyl groups is 2. The fourth-order valence-electron chi connectivity index (χ4n) is 5.85. The first-order chi connectivity index (χ1) is 13.8. The van der Waals surface area contributed by atoms with Crippen molar-refractivity contribution >= 4 is 0 Å². The van der Waals surface area contributed by atoms with E-state index in [4.69, 9.17) is 0 Å². The van der Waals surface area contributed by atoms with Gasteiger partial charge in [0.15, 0.2) is 0 Å². The van der Waals surface area contributed by atoms with Gasteiger partial charge in [0.05, 0.1) is 6.10 Å². The van der Waals surface area contributed by atoms with E-state index in [1.807, 2.05) is 0 Å². The summed E-state index contributed by atoms with van der Waals surface area (Å²) in [6, 6.07) is 0. The largest absolute Gasteiger partial charge is 0.393 e. The Hall–Kier alpha value is -1.30. The van der Waals surface area contributed by atoms with E-state index in [1.54, 1.807) is 12.5 Å². The molecule has 4 atom stereocenters. The average molecular weight is 397 g/mol. The smallest absolute Gasteiger partial charge is 0.111 e. The lowest BCUT2D eigenvalue weighted by molar-refractivity contribution is 0.149. The summed E-state index contributed by atoms with van der Waals surface area (Å²) >= 11 is 0. The summed E-state index contributed by atoms with van der Waals surface area (Å²) in [6.07, 6.45) is 16.0. The Kier molecular flexibility index (Phi) is 7.13. The molecule has 0 aliphatic heterocycles. The molecule has 0 spiro atoms. The summed E-state index contributed by atoms with van der Waals surface area (Å²) in [5.41, 5.74) is 4.68. The second-order valence-electron chi connectivity index (χ2n) is 9.98. The van der Waals surface area contributed by atoms with Crippen LogP contribution in [0.2, 0.25) is 0 Å². The van der Waals surface area contributed by atoms with Crippen molar-refractivity contribution < 1.29 is 10.2 Å². The van der Waals surface area contributed by atoms with Crippen molar-refractivity contribution in [3.63, 3.8) is 0 Å². The van der Waals surface area contributed by atoms with Gasteiger partial charge in [-0.3, -0.25) is 0 Å². The SMILES string of the molecule is C=C(C1(CC#CC(C)O)CC1)[C@@]1(C)CCC/C(=C\C=C2\CCC[C@H](O)C2)C1CC. The van der Waals surface area contributed by atoms with E-state index in [9.17, 15) is 10.2 Å². The van der Waals surface area contributed by atoms with E-state index in [0.29, 0.717) is 5.92 Å². The molecule has 2 unspecified atom stereocenters. The lowest BCUT2D eigenvalue weighted by atomic mass is 9.57. The Labute approximate surface area is 178 Å². The minimum Gasteiger partial charge on any atom is -0.393 e. The molecular weight excluding hydrogens is 356 g/mol. The third kappa shape index (κ3) is 5.07. The Bertz CT molecular complexity index is 725. The third-order valence-corrected chi connectivity index (χ3v) is 7.77. The Balaban J connectivity index is 1.79. The normalized spacial score (nSPS) is 35.1. The van der Waals surface area contributed by atoms with Gasteiger partial charge in [-0.2, -0.15) is 0 Å². The number of allylic oxidation sites excluding steroid dienone is 4. The molecule has 0 saturated heterocycles. The highest BCUT2D eigenvalue weighted by molar-refractivity contribution is 5.34. The van der Waals surface area contributed by atoms with Crippen LogP contribution >= 0.6 is 0 Å². The van der Waals surface area contributed by atoms with Crippen molar-refractivity contribution in [1.82, 2.24) is 0 Å². The Morgan fingerprint density at radius 2 is 2.00 bits per heavy atom. The van der Waals surface area contributed by atoms with Gasteiger partial charge in [-0.05, 0) is 82.5 Å². The quantitative estimate of drug-likeness (QED) is 0.435. The van der Waals surface area contributed by atoms with Gasteiger partial charge in [0.25, 0.3) is 0 Å². The van der Waals surface area contributed by atoms with Crippen molar-refractivity contribution in [1.29, 1.82) is 0 Å². The number of aliphatic hydroxyl groups excluding tert-OH is 2. The summed E-state index contributed by atoms with van der Waals surface area (Å²) in [5.74, 6) is 6.70. The molecule has 3 rings (SSSR count). The number of rotatable bonds is 5. The second-order valence-corrected chi connectivity index (χ2v) is 9.98. The highest BCUT2D eigenvalue weighted by Gasteiger charge is 2.53. The minimum atomic E-state index is -0.548. The zero-order valence-electron chi connectivity index (χ0n) is 18.8. The second kappa shape index (κ2) is 9.23. The first-order valence-corrected chi connectivity index (χ1v) is 11.7. The molecule has 0 bridgehead atoms. The molecule has 160 valence electrons. The van der Waals surface area contributed by atoms with Crippen LogP contribution in [-0.2, 0) is 0 Å². The summed E-state index contributed by atoms with van der Waals surface area (Å²) < 4.78 is 0. The van der Waals surface area contributed by atoms with Crippen LogP contribution in [-0.4, -0.2) is 22.4 Å². The monoisotopic (exact) mass is 396 g/mol. The maximum Gasteiger partial charge on any atom is 0.111 e. The molecule has 29 heavy (non-hydrogen) atoms. The molecular formula is C27H40O2. The fourth-order valence-corrected chi connectivity index (χ4v) is 5.85. The number of hydrogen-bond acceptors (Lipinski definition) is 2. The zero-order valence-corrected chi connectivity index (χ0v) is 18.8. The first kappa shape index (κ1) is 22.4. The molecule has 0 aromatic carbocycles. The molecule has 0 aromatic rings. The summed E-state index contributed by atoms with van der Waals surface area (Å²) in [5, 5.41) is 19.5. The molecule has 2 nitrogen and oxygen atoms in total. The van der Waals surface area contributed by atoms with E-state index in [2.05, 4.69) is 44.4 Å². The molecule has 3 fully saturated rings. The third-order valence-electron chi connectivity index (χ3n) is 7.77. The average Bonchev–Trinajstić information content (AvgIpc) is 3.46.